The zero-order valence-electron chi connectivity index (χ0n) is 18.6. The third-order valence-electron chi connectivity index (χ3n) is 5.39. The number of halogens is 1. The van der Waals surface area contributed by atoms with Gasteiger partial charge in [0.05, 0.1) is 5.60 Å². The van der Waals surface area contributed by atoms with E-state index in [-0.39, 0.29) is 0 Å². The Kier molecular flexibility index (Phi) is 5.99. The zero-order chi connectivity index (χ0) is 22.4. The summed E-state index contributed by atoms with van der Waals surface area (Å²) in [5.74, 6) is -1.03. The lowest BCUT2D eigenvalue weighted by Gasteiger charge is -2.28. The van der Waals surface area contributed by atoms with Gasteiger partial charge in [0, 0.05) is 39.5 Å². The molecule has 3 aromatic rings. The number of carboxylic acids is 1. The van der Waals surface area contributed by atoms with Crippen LogP contribution in [0.4, 0.5) is 0 Å². The molecule has 1 N–H and O–H groups in total. The zero-order valence-corrected chi connectivity index (χ0v) is 19.4. The van der Waals surface area contributed by atoms with Crippen LogP contribution in [0, 0.1) is 20.8 Å². The normalized spacial score (nSPS) is 13.1. The maximum absolute atomic E-state index is 12.3. The van der Waals surface area contributed by atoms with Crippen molar-refractivity contribution in [3.8, 4) is 11.1 Å². The first-order valence-corrected chi connectivity index (χ1v) is 10.5. The lowest BCUT2D eigenvalue weighted by atomic mass is 9.91. The van der Waals surface area contributed by atoms with Crippen LogP contribution < -0.4 is 0 Å². The quantitative estimate of drug-likeness (QED) is 0.522. The predicted octanol–water partition coefficient (Wildman–Crippen LogP) is 6.24. The van der Waals surface area contributed by atoms with Gasteiger partial charge in [0.25, 0.3) is 0 Å². The molecule has 0 aliphatic carbocycles. The highest BCUT2D eigenvalue weighted by Crippen LogP contribution is 2.42. The summed E-state index contributed by atoms with van der Waals surface area (Å²) in [6, 6.07) is 7.49. The topological polar surface area (TPSA) is 64.3 Å². The van der Waals surface area contributed by atoms with Crippen molar-refractivity contribution >= 4 is 28.6 Å². The van der Waals surface area contributed by atoms with Gasteiger partial charge in [-0.15, -0.1) is 0 Å². The molecular weight excluding hydrogens is 400 g/mol. The van der Waals surface area contributed by atoms with Gasteiger partial charge in [-0.25, -0.2) is 9.78 Å². The monoisotopic (exact) mass is 428 g/mol. The molecule has 0 spiro atoms. The fourth-order valence-corrected chi connectivity index (χ4v) is 4.13. The Labute approximate surface area is 182 Å². The number of benzene rings is 1. The second-order valence-corrected chi connectivity index (χ2v) is 9.03. The van der Waals surface area contributed by atoms with Crippen molar-refractivity contribution in [1.29, 1.82) is 0 Å². The first kappa shape index (κ1) is 22.3. The molecule has 30 heavy (non-hydrogen) atoms. The summed E-state index contributed by atoms with van der Waals surface area (Å²) in [5, 5.41) is 11.7. The van der Waals surface area contributed by atoms with Crippen LogP contribution in [0.3, 0.4) is 0 Å². The van der Waals surface area contributed by atoms with Crippen LogP contribution >= 0.6 is 11.6 Å². The van der Waals surface area contributed by atoms with Gasteiger partial charge in [-0.1, -0.05) is 23.7 Å². The number of aryl methyl sites for hydroxylation is 3. The van der Waals surface area contributed by atoms with Crippen LogP contribution in [0.25, 0.3) is 22.2 Å². The number of rotatable bonds is 5. The molecule has 2 heterocycles. The number of aromatic nitrogens is 2. The van der Waals surface area contributed by atoms with E-state index in [1.807, 2.05) is 52.0 Å². The minimum Gasteiger partial charge on any atom is -0.479 e. The molecular formula is C24H29ClN2O3. The minimum absolute atomic E-state index is 0.587. The Morgan fingerprint density at radius 1 is 1.20 bits per heavy atom. The van der Waals surface area contributed by atoms with Gasteiger partial charge in [0.1, 0.15) is 5.65 Å². The van der Waals surface area contributed by atoms with E-state index < -0.39 is 17.7 Å². The summed E-state index contributed by atoms with van der Waals surface area (Å²) in [6.45, 7) is 14.4. The largest absolute Gasteiger partial charge is 0.479 e. The summed E-state index contributed by atoms with van der Waals surface area (Å²) < 4.78 is 8.20. The Balaban J connectivity index is 2.49. The lowest BCUT2D eigenvalue weighted by Crippen LogP contribution is -2.28. The van der Waals surface area contributed by atoms with Gasteiger partial charge in [-0.3, -0.25) is 0 Å². The van der Waals surface area contributed by atoms with Crippen LogP contribution in [-0.4, -0.2) is 26.2 Å². The van der Waals surface area contributed by atoms with E-state index in [2.05, 4.69) is 25.3 Å². The molecule has 0 saturated heterocycles. The Bertz CT molecular complexity index is 1110. The number of fused-ring (bicyclic) bond motifs is 1. The van der Waals surface area contributed by atoms with Crippen LogP contribution in [0.2, 0.25) is 5.02 Å². The van der Waals surface area contributed by atoms with Crippen molar-refractivity contribution in [2.24, 2.45) is 0 Å². The second kappa shape index (κ2) is 8.05. The van der Waals surface area contributed by atoms with Crippen LogP contribution in [0.5, 0.6) is 0 Å². The van der Waals surface area contributed by atoms with Gasteiger partial charge < -0.3 is 14.4 Å². The molecule has 0 unspecified atom stereocenters. The summed E-state index contributed by atoms with van der Waals surface area (Å²) in [6.07, 6.45) is -1.14. The fourth-order valence-electron chi connectivity index (χ4n) is 4.01. The maximum Gasteiger partial charge on any atom is 0.337 e. The number of carbonyl (C=O) groups is 1. The van der Waals surface area contributed by atoms with E-state index >= 15 is 0 Å². The molecule has 0 saturated carbocycles. The van der Waals surface area contributed by atoms with Gasteiger partial charge in [0.15, 0.2) is 6.10 Å². The number of pyridine rings is 1. The van der Waals surface area contributed by atoms with E-state index in [1.165, 1.54) is 0 Å². The standard InChI is InChI=1S/C24H29ClN2O3/c1-8-27-15(4)13(2)18-20(16-9-11-17(25)12-10-16)19(14(3)26-22(18)27)21(23(28)29)30-24(5,6)7/h9-12,21H,8H2,1-7H3,(H,28,29)/t21-/m0/s1. The van der Waals surface area contributed by atoms with Gasteiger partial charge >= 0.3 is 5.97 Å². The number of hydrogen-bond donors (Lipinski definition) is 1. The molecule has 0 aliphatic rings. The Hall–Kier alpha value is -2.37. The highest BCUT2D eigenvalue weighted by atomic mass is 35.5. The predicted molar refractivity (Wildman–Crippen MR) is 121 cm³/mol. The van der Waals surface area contributed by atoms with Gasteiger partial charge in [-0.05, 0) is 71.7 Å². The van der Waals surface area contributed by atoms with Crippen molar-refractivity contribution in [2.45, 2.75) is 66.7 Å². The van der Waals surface area contributed by atoms with Gasteiger partial charge in [0.2, 0.25) is 0 Å². The summed E-state index contributed by atoms with van der Waals surface area (Å²) in [5.41, 5.74) is 5.41. The van der Waals surface area contributed by atoms with Gasteiger partial charge in [-0.2, -0.15) is 0 Å². The smallest absolute Gasteiger partial charge is 0.337 e. The molecule has 0 fully saturated rings. The van der Waals surface area contributed by atoms with E-state index in [9.17, 15) is 9.90 Å². The molecule has 0 amide bonds. The first-order chi connectivity index (χ1) is 14.0. The van der Waals surface area contributed by atoms with Crippen molar-refractivity contribution in [1.82, 2.24) is 9.55 Å². The summed E-state index contributed by atoms with van der Waals surface area (Å²) in [4.78, 5) is 17.2. The van der Waals surface area contributed by atoms with Crippen molar-refractivity contribution in [2.75, 3.05) is 0 Å². The highest BCUT2D eigenvalue weighted by Gasteiger charge is 2.33. The molecule has 6 heteroatoms. The van der Waals surface area contributed by atoms with Crippen molar-refractivity contribution in [3.05, 3.63) is 51.8 Å². The molecule has 0 bridgehead atoms. The summed E-state index contributed by atoms with van der Waals surface area (Å²) in [7, 11) is 0. The number of ether oxygens (including phenoxy) is 1. The average Bonchev–Trinajstić information content (AvgIpc) is 2.88. The Morgan fingerprint density at radius 2 is 1.80 bits per heavy atom. The third kappa shape index (κ3) is 3.96. The molecule has 1 atom stereocenters. The van der Waals surface area contributed by atoms with Crippen LogP contribution in [0.15, 0.2) is 24.3 Å². The lowest BCUT2D eigenvalue weighted by molar-refractivity contribution is -0.160. The van der Waals surface area contributed by atoms with Crippen molar-refractivity contribution < 1.29 is 14.6 Å². The van der Waals surface area contributed by atoms with Crippen molar-refractivity contribution in [3.63, 3.8) is 0 Å². The molecule has 5 nitrogen and oxygen atoms in total. The molecule has 160 valence electrons. The number of nitrogens with zero attached hydrogens (tertiary/aromatic N) is 2. The van der Waals surface area contributed by atoms with E-state index in [0.29, 0.717) is 16.3 Å². The van der Waals surface area contributed by atoms with E-state index in [0.717, 1.165) is 40.0 Å². The minimum atomic E-state index is -1.14. The SMILES string of the molecule is CCn1c(C)c(C)c2c(-c3ccc(Cl)cc3)c([C@H](OC(C)(C)C)C(=O)O)c(C)nc21. The van der Waals surface area contributed by atoms with E-state index in [4.69, 9.17) is 21.3 Å². The molecule has 3 rings (SSSR count). The molecule has 0 aliphatic heterocycles. The second-order valence-electron chi connectivity index (χ2n) is 8.59. The maximum atomic E-state index is 12.3. The average molecular weight is 429 g/mol. The highest BCUT2D eigenvalue weighted by molar-refractivity contribution is 6.30. The first-order valence-electron chi connectivity index (χ1n) is 10.1. The fraction of sp³-hybridized carbons (Fsp3) is 0.417. The molecule has 0 radical (unpaired) electrons. The van der Waals surface area contributed by atoms with E-state index in [1.54, 1.807) is 0 Å². The molecule has 2 aromatic heterocycles. The van der Waals surface area contributed by atoms with Crippen LogP contribution in [-0.2, 0) is 16.1 Å². The van der Waals surface area contributed by atoms with Crippen LogP contribution in [0.1, 0.15) is 56.3 Å². The number of hydrogen-bond acceptors (Lipinski definition) is 3. The Morgan fingerprint density at radius 3 is 2.30 bits per heavy atom. The third-order valence-corrected chi connectivity index (χ3v) is 5.64. The molecule has 1 aromatic carbocycles. The number of aliphatic carboxylic acids is 1. The number of carboxylic acid groups (broad SMARTS) is 1. The summed E-state index contributed by atoms with van der Waals surface area (Å²) >= 11 is 6.14.